The Kier molecular flexibility index (Phi) is 7.94. The van der Waals surface area contributed by atoms with E-state index < -0.39 is 32.1 Å². The summed E-state index contributed by atoms with van der Waals surface area (Å²) in [5.74, 6) is -2.66. The first kappa shape index (κ1) is 27.6. The fraction of sp³-hybridized carbons (Fsp3) is 0.852. The Bertz CT molecular complexity index is 799. The van der Waals surface area contributed by atoms with Crippen molar-refractivity contribution in [1.29, 1.82) is 0 Å². The highest BCUT2D eigenvalue weighted by atomic mass is 28.4. The van der Waals surface area contributed by atoms with Gasteiger partial charge in [-0.25, -0.2) is 0 Å². The minimum Gasteiger partial charge on any atom is -0.468 e. The first-order valence-corrected chi connectivity index (χ1v) is 15.2. The summed E-state index contributed by atoms with van der Waals surface area (Å²) in [6, 6.07) is 0. The van der Waals surface area contributed by atoms with Crippen molar-refractivity contribution in [2.24, 2.45) is 17.3 Å². The van der Waals surface area contributed by atoms with Gasteiger partial charge in [0.05, 0.1) is 20.3 Å². The molecule has 2 aliphatic carbocycles. The molecule has 0 aromatic heterocycles. The Morgan fingerprint density at radius 2 is 1.56 bits per heavy atom. The fourth-order valence-corrected chi connectivity index (χ4v) is 13.1. The summed E-state index contributed by atoms with van der Waals surface area (Å²) in [6.45, 7) is 20.8. The molecule has 1 spiro atoms. The quantitative estimate of drug-likeness (QED) is 0.201. The number of carbonyl (C=O) groups excluding carboxylic acids is 2. The summed E-state index contributed by atoms with van der Waals surface area (Å²) in [7, 11) is -1.08. The summed E-state index contributed by atoms with van der Waals surface area (Å²) >= 11 is 0. The second-order valence-electron chi connectivity index (χ2n) is 12.0. The number of methoxy groups -OCH3 is 1. The maximum atomic E-state index is 14.4. The average molecular weight is 495 g/mol. The molecule has 0 N–H and O–H groups in total. The first-order valence-electron chi connectivity index (χ1n) is 13.0. The minimum absolute atomic E-state index is 0.0146. The van der Waals surface area contributed by atoms with E-state index in [1.54, 1.807) is 0 Å². The molecule has 1 saturated heterocycles. The second kappa shape index (κ2) is 9.79. The third-order valence-electron chi connectivity index (χ3n) is 9.01. The van der Waals surface area contributed by atoms with E-state index >= 15 is 0 Å². The van der Waals surface area contributed by atoms with E-state index in [0.29, 0.717) is 29.8 Å². The van der Waals surface area contributed by atoms with Crippen LogP contribution in [0.5, 0.6) is 0 Å². The zero-order chi connectivity index (χ0) is 25.6. The van der Waals surface area contributed by atoms with Gasteiger partial charge in [0.25, 0.3) is 0 Å². The van der Waals surface area contributed by atoms with Gasteiger partial charge in [0.1, 0.15) is 12.0 Å². The molecule has 1 aliphatic heterocycles. The summed E-state index contributed by atoms with van der Waals surface area (Å²) < 4.78 is 24.9. The number of hydrogen-bond acceptors (Lipinski definition) is 6. The standard InChI is InChI=1S/C27H46O6Si/c1-16(2)34(17(3)4,18(5)6)33-24-22-19(7)11-12-21(26(22,8)9)27(31-13-14-32-27)15-20(23(24)28)25(29)30-10/h16-18,20-21,24H,11-15H2,1-10H3/t20-,21?,24+/m1/s1. The number of hydrogen-bond donors (Lipinski definition) is 0. The van der Waals surface area contributed by atoms with E-state index in [9.17, 15) is 9.59 Å². The maximum Gasteiger partial charge on any atom is 0.316 e. The molecule has 1 saturated carbocycles. The molecule has 0 aromatic carbocycles. The van der Waals surface area contributed by atoms with Crippen molar-refractivity contribution in [3.8, 4) is 0 Å². The molecule has 34 heavy (non-hydrogen) atoms. The van der Waals surface area contributed by atoms with Crippen molar-refractivity contribution >= 4 is 20.1 Å². The molecule has 6 nitrogen and oxygen atoms in total. The van der Waals surface area contributed by atoms with E-state index in [2.05, 4.69) is 62.3 Å². The summed E-state index contributed by atoms with van der Waals surface area (Å²) in [6.07, 6.45) is 1.18. The molecule has 1 unspecified atom stereocenters. The Morgan fingerprint density at radius 3 is 2.03 bits per heavy atom. The Morgan fingerprint density at radius 1 is 1.03 bits per heavy atom. The van der Waals surface area contributed by atoms with Crippen LogP contribution in [0.15, 0.2) is 11.1 Å². The smallest absolute Gasteiger partial charge is 0.316 e. The molecule has 0 amide bonds. The lowest BCUT2D eigenvalue weighted by atomic mass is 9.57. The highest BCUT2D eigenvalue weighted by molar-refractivity contribution is 6.77. The van der Waals surface area contributed by atoms with Crippen LogP contribution in [0.3, 0.4) is 0 Å². The van der Waals surface area contributed by atoms with E-state index in [1.165, 1.54) is 12.7 Å². The molecule has 3 rings (SSSR count). The monoisotopic (exact) mass is 494 g/mol. The van der Waals surface area contributed by atoms with Gasteiger partial charge in [0.2, 0.25) is 8.32 Å². The lowest BCUT2D eigenvalue weighted by molar-refractivity contribution is -0.234. The SMILES string of the molecule is COC(=O)[C@@H]1CC2(OCCO2)C2CCC(C)=C([C@H](O[Si](C(C)C)(C(C)C)C(C)C)C1=O)C2(C)C. The maximum absolute atomic E-state index is 14.4. The van der Waals surface area contributed by atoms with Crippen molar-refractivity contribution < 1.29 is 28.2 Å². The van der Waals surface area contributed by atoms with Crippen LogP contribution in [0.1, 0.15) is 81.6 Å². The molecule has 3 atom stereocenters. The van der Waals surface area contributed by atoms with Crippen LogP contribution in [-0.2, 0) is 28.2 Å². The molecule has 0 aromatic rings. The second-order valence-corrected chi connectivity index (χ2v) is 17.4. The zero-order valence-electron chi connectivity index (χ0n) is 22.9. The van der Waals surface area contributed by atoms with Crippen LogP contribution in [0.2, 0.25) is 16.6 Å². The van der Waals surface area contributed by atoms with Crippen molar-refractivity contribution in [2.75, 3.05) is 20.3 Å². The molecular weight excluding hydrogens is 448 g/mol. The van der Waals surface area contributed by atoms with Gasteiger partial charge in [0, 0.05) is 12.3 Å². The van der Waals surface area contributed by atoms with Crippen molar-refractivity contribution in [1.82, 2.24) is 0 Å². The molecule has 2 bridgehead atoms. The molecule has 1 heterocycles. The normalized spacial score (nSPS) is 29.2. The van der Waals surface area contributed by atoms with Gasteiger partial charge in [0.15, 0.2) is 11.6 Å². The van der Waals surface area contributed by atoms with Gasteiger partial charge in [-0.05, 0) is 47.4 Å². The summed E-state index contributed by atoms with van der Waals surface area (Å²) in [5.41, 5.74) is 2.80. The number of Topliss-reactive ketones (excluding diaryl/α,β-unsaturated/α-hetero) is 1. The summed E-state index contributed by atoms with van der Waals surface area (Å²) in [5, 5.41) is 0. The molecule has 2 fully saturated rings. The van der Waals surface area contributed by atoms with Crippen molar-refractivity contribution in [3.05, 3.63) is 11.1 Å². The predicted molar refractivity (Wildman–Crippen MR) is 135 cm³/mol. The summed E-state index contributed by atoms with van der Waals surface area (Å²) in [4.78, 5) is 27.4. The highest BCUT2D eigenvalue weighted by Gasteiger charge is 2.61. The molecule has 194 valence electrons. The van der Waals surface area contributed by atoms with Crippen LogP contribution in [-0.4, -0.2) is 52.3 Å². The zero-order valence-corrected chi connectivity index (χ0v) is 23.9. The highest BCUT2D eigenvalue weighted by Crippen LogP contribution is 2.57. The van der Waals surface area contributed by atoms with E-state index in [1.807, 2.05) is 0 Å². The van der Waals surface area contributed by atoms with Crippen LogP contribution >= 0.6 is 0 Å². The number of ketones is 1. The van der Waals surface area contributed by atoms with Crippen LogP contribution < -0.4 is 0 Å². The van der Waals surface area contributed by atoms with E-state index in [-0.39, 0.29) is 23.5 Å². The van der Waals surface area contributed by atoms with Gasteiger partial charge in [-0.15, -0.1) is 0 Å². The van der Waals surface area contributed by atoms with Crippen LogP contribution in [0, 0.1) is 17.3 Å². The number of rotatable bonds is 6. The third-order valence-corrected chi connectivity index (χ3v) is 15.1. The fourth-order valence-electron chi connectivity index (χ4n) is 7.64. The van der Waals surface area contributed by atoms with Crippen LogP contribution in [0.4, 0.5) is 0 Å². The van der Waals surface area contributed by atoms with Gasteiger partial charge < -0.3 is 18.6 Å². The minimum atomic E-state index is -2.43. The Labute approximate surface area is 207 Å². The Balaban J connectivity index is 2.24. The number of allylic oxidation sites excluding steroid dienone is 1. The van der Waals surface area contributed by atoms with Crippen molar-refractivity contribution in [2.45, 2.75) is 110 Å². The van der Waals surface area contributed by atoms with E-state index in [4.69, 9.17) is 18.6 Å². The molecular formula is C27H46O6Si. The van der Waals surface area contributed by atoms with E-state index in [0.717, 1.165) is 18.4 Å². The topological polar surface area (TPSA) is 71.1 Å². The van der Waals surface area contributed by atoms with Crippen molar-refractivity contribution in [3.63, 3.8) is 0 Å². The van der Waals surface area contributed by atoms with Gasteiger partial charge in [-0.2, -0.15) is 0 Å². The first-order chi connectivity index (χ1) is 15.8. The molecule has 3 aliphatic rings. The number of esters is 1. The predicted octanol–water partition coefficient (Wildman–Crippen LogP) is 5.80. The lowest BCUT2D eigenvalue weighted by Gasteiger charge is -2.54. The van der Waals surface area contributed by atoms with Gasteiger partial charge in [-0.1, -0.05) is 61.0 Å². The lowest BCUT2D eigenvalue weighted by Crippen LogP contribution is -2.60. The third kappa shape index (κ3) is 4.25. The Hall–Kier alpha value is -1.02. The van der Waals surface area contributed by atoms with Crippen LogP contribution in [0.25, 0.3) is 0 Å². The molecule has 7 heteroatoms. The number of carbonyl (C=O) groups is 2. The van der Waals surface area contributed by atoms with Gasteiger partial charge in [-0.3, -0.25) is 9.59 Å². The largest absolute Gasteiger partial charge is 0.468 e. The average Bonchev–Trinajstić information content (AvgIpc) is 3.20. The van der Waals surface area contributed by atoms with Gasteiger partial charge >= 0.3 is 5.97 Å². The molecule has 0 radical (unpaired) electrons. The number of ether oxygens (including phenoxy) is 3. The number of fused-ring (bicyclic) bond motifs is 3.